The van der Waals surface area contributed by atoms with Gasteiger partial charge in [0.15, 0.2) is 0 Å². The van der Waals surface area contributed by atoms with E-state index in [1.54, 1.807) is 48.9 Å². The molecular weight excluding hydrogens is 349 g/mol. The Bertz CT molecular complexity index is 1260. The number of hydrogen-bond acceptors (Lipinski definition) is 4. The fourth-order valence-corrected chi connectivity index (χ4v) is 3.30. The minimum absolute atomic E-state index is 0.190. The number of halogens is 1. The number of carbonyl (C=O) groups excluding carboxylic acids is 1. The minimum Gasteiger partial charge on any atom is -0.461 e. The molecule has 27 heavy (non-hydrogen) atoms. The van der Waals surface area contributed by atoms with Crippen molar-refractivity contribution in [1.82, 2.24) is 14.5 Å². The van der Waals surface area contributed by atoms with E-state index in [9.17, 15) is 14.0 Å². The van der Waals surface area contributed by atoms with Crippen molar-refractivity contribution in [3.63, 3.8) is 0 Å². The number of aromatic amines is 1. The summed E-state index contributed by atoms with van der Waals surface area (Å²) >= 11 is 0. The third kappa shape index (κ3) is 2.68. The number of aromatic nitrogens is 3. The monoisotopic (exact) mass is 365 g/mol. The second kappa shape index (κ2) is 6.35. The molecule has 0 spiro atoms. The maximum absolute atomic E-state index is 13.9. The van der Waals surface area contributed by atoms with E-state index in [1.165, 1.54) is 12.1 Å². The standard InChI is InChI=1S/C20H16FN3O3/c1-3-27-20(26)17-16(13-10-11(21)8-9-15(13)24(17)2)18-22-14-7-5-4-6-12(14)19(25)23-18/h4-10H,3H2,1-2H3,(H,22,23,25). The number of nitrogens with zero attached hydrogens (tertiary/aromatic N) is 2. The van der Waals surface area contributed by atoms with Gasteiger partial charge >= 0.3 is 5.97 Å². The van der Waals surface area contributed by atoms with Crippen LogP contribution >= 0.6 is 0 Å². The molecule has 2 aromatic carbocycles. The summed E-state index contributed by atoms with van der Waals surface area (Å²) in [5.41, 5.74) is 1.33. The van der Waals surface area contributed by atoms with E-state index in [0.717, 1.165) is 0 Å². The lowest BCUT2D eigenvalue weighted by atomic mass is 10.1. The van der Waals surface area contributed by atoms with Crippen LogP contribution in [0.4, 0.5) is 4.39 Å². The van der Waals surface area contributed by atoms with Gasteiger partial charge in [0.2, 0.25) is 0 Å². The summed E-state index contributed by atoms with van der Waals surface area (Å²) in [5, 5.41) is 0.907. The number of hydrogen-bond donors (Lipinski definition) is 1. The number of benzene rings is 2. The molecule has 136 valence electrons. The Morgan fingerprint density at radius 2 is 2.00 bits per heavy atom. The van der Waals surface area contributed by atoms with E-state index >= 15 is 0 Å². The Morgan fingerprint density at radius 3 is 2.78 bits per heavy atom. The zero-order valence-electron chi connectivity index (χ0n) is 14.7. The number of rotatable bonds is 3. The van der Waals surface area contributed by atoms with Gasteiger partial charge in [-0.1, -0.05) is 12.1 Å². The molecule has 0 saturated carbocycles. The summed E-state index contributed by atoms with van der Waals surface area (Å²) in [6, 6.07) is 11.1. The van der Waals surface area contributed by atoms with Gasteiger partial charge in [0, 0.05) is 18.0 Å². The average Bonchev–Trinajstić information content (AvgIpc) is 2.94. The van der Waals surface area contributed by atoms with Crippen molar-refractivity contribution in [1.29, 1.82) is 0 Å². The van der Waals surface area contributed by atoms with Crippen molar-refractivity contribution >= 4 is 27.8 Å². The predicted molar refractivity (Wildman–Crippen MR) is 100 cm³/mol. The van der Waals surface area contributed by atoms with Gasteiger partial charge in [0.25, 0.3) is 5.56 Å². The second-order valence-electron chi connectivity index (χ2n) is 6.10. The number of aryl methyl sites for hydroxylation is 1. The van der Waals surface area contributed by atoms with Crippen LogP contribution in [0.2, 0.25) is 0 Å². The molecule has 4 rings (SSSR count). The van der Waals surface area contributed by atoms with Crippen molar-refractivity contribution in [3.8, 4) is 11.4 Å². The normalized spacial score (nSPS) is 11.2. The van der Waals surface area contributed by atoms with E-state index < -0.39 is 11.8 Å². The first-order chi connectivity index (χ1) is 13.0. The number of esters is 1. The Labute approximate surface area is 153 Å². The molecule has 1 N–H and O–H groups in total. The van der Waals surface area contributed by atoms with E-state index in [-0.39, 0.29) is 23.7 Å². The van der Waals surface area contributed by atoms with Crippen LogP contribution in [0.25, 0.3) is 33.2 Å². The van der Waals surface area contributed by atoms with Gasteiger partial charge < -0.3 is 14.3 Å². The van der Waals surface area contributed by atoms with E-state index in [1.807, 2.05) is 0 Å². The van der Waals surface area contributed by atoms with Gasteiger partial charge in [-0.05, 0) is 37.3 Å². The van der Waals surface area contributed by atoms with E-state index in [0.29, 0.717) is 27.4 Å². The Kier molecular flexibility index (Phi) is 3.99. The van der Waals surface area contributed by atoms with Crippen LogP contribution in [-0.2, 0) is 11.8 Å². The molecule has 0 aliphatic carbocycles. The smallest absolute Gasteiger partial charge is 0.355 e. The van der Waals surface area contributed by atoms with Gasteiger partial charge in [0.1, 0.15) is 17.3 Å². The number of fused-ring (bicyclic) bond motifs is 2. The molecule has 2 heterocycles. The molecular formula is C20H16FN3O3. The summed E-state index contributed by atoms with van der Waals surface area (Å²) in [6.45, 7) is 1.89. The molecule has 4 aromatic rings. The van der Waals surface area contributed by atoms with Gasteiger partial charge in [-0.3, -0.25) is 4.79 Å². The zero-order valence-corrected chi connectivity index (χ0v) is 14.7. The SMILES string of the molecule is CCOC(=O)c1c(-c2nc3ccccc3c(=O)[nH]2)c2cc(F)ccc2n1C. The zero-order chi connectivity index (χ0) is 19.1. The average molecular weight is 365 g/mol. The van der Waals surface area contributed by atoms with Crippen LogP contribution in [0, 0.1) is 5.82 Å². The van der Waals surface area contributed by atoms with E-state index in [2.05, 4.69) is 9.97 Å². The first-order valence-electron chi connectivity index (χ1n) is 8.45. The van der Waals surface area contributed by atoms with Crippen LogP contribution in [0.1, 0.15) is 17.4 Å². The highest BCUT2D eigenvalue weighted by Gasteiger charge is 2.25. The quantitative estimate of drug-likeness (QED) is 0.565. The van der Waals surface area contributed by atoms with Gasteiger partial charge in [-0.25, -0.2) is 14.2 Å². The predicted octanol–water partition coefficient (Wildman–Crippen LogP) is 3.40. The fourth-order valence-electron chi connectivity index (χ4n) is 3.30. The largest absolute Gasteiger partial charge is 0.461 e. The first kappa shape index (κ1) is 17.0. The second-order valence-corrected chi connectivity index (χ2v) is 6.10. The first-order valence-corrected chi connectivity index (χ1v) is 8.45. The maximum Gasteiger partial charge on any atom is 0.355 e. The highest BCUT2D eigenvalue weighted by molar-refractivity contribution is 6.07. The number of para-hydroxylation sites is 1. The van der Waals surface area contributed by atoms with Crippen molar-refractivity contribution in [2.75, 3.05) is 6.61 Å². The van der Waals surface area contributed by atoms with Gasteiger partial charge in [-0.2, -0.15) is 0 Å². The van der Waals surface area contributed by atoms with Crippen molar-refractivity contribution in [3.05, 3.63) is 64.3 Å². The number of nitrogens with one attached hydrogen (secondary N) is 1. The molecule has 0 unspecified atom stereocenters. The van der Waals surface area contributed by atoms with Crippen molar-refractivity contribution in [2.45, 2.75) is 6.92 Å². The molecule has 2 aromatic heterocycles. The van der Waals surface area contributed by atoms with Gasteiger partial charge in [-0.15, -0.1) is 0 Å². The third-order valence-corrected chi connectivity index (χ3v) is 4.48. The lowest BCUT2D eigenvalue weighted by Gasteiger charge is -2.07. The van der Waals surface area contributed by atoms with Crippen molar-refractivity contribution < 1.29 is 13.9 Å². The summed E-state index contributed by atoms with van der Waals surface area (Å²) in [5.74, 6) is -0.826. The molecule has 0 fully saturated rings. The number of ether oxygens (including phenoxy) is 1. The number of carbonyl (C=O) groups is 1. The van der Waals surface area contributed by atoms with Crippen LogP contribution in [0.5, 0.6) is 0 Å². The summed E-state index contributed by atoms with van der Waals surface area (Å²) < 4.78 is 20.7. The minimum atomic E-state index is -0.567. The molecule has 0 radical (unpaired) electrons. The summed E-state index contributed by atoms with van der Waals surface area (Å²) in [7, 11) is 1.69. The highest BCUT2D eigenvalue weighted by Crippen LogP contribution is 2.33. The molecule has 0 aliphatic rings. The number of H-pyrrole nitrogens is 1. The van der Waals surface area contributed by atoms with Crippen molar-refractivity contribution in [2.24, 2.45) is 7.05 Å². The van der Waals surface area contributed by atoms with Gasteiger partial charge in [0.05, 0.1) is 23.1 Å². The molecule has 0 saturated heterocycles. The summed E-state index contributed by atoms with van der Waals surface area (Å²) in [4.78, 5) is 32.3. The Hall–Kier alpha value is -3.48. The van der Waals surface area contributed by atoms with Crippen LogP contribution in [-0.4, -0.2) is 27.1 Å². The highest BCUT2D eigenvalue weighted by atomic mass is 19.1. The lowest BCUT2D eigenvalue weighted by molar-refractivity contribution is 0.0516. The molecule has 7 heteroatoms. The fraction of sp³-hybridized carbons (Fsp3) is 0.150. The Balaban J connectivity index is 2.11. The molecule has 6 nitrogen and oxygen atoms in total. The van der Waals surface area contributed by atoms with E-state index in [4.69, 9.17) is 4.74 Å². The van der Waals surface area contributed by atoms with Crippen LogP contribution < -0.4 is 5.56 Å². The molecule has 0 amide bonds. The lowest BCUT2D eigenvalue weighted by Crippen LogP contribution is -2.14. The van der Waals surface area contributed by atoms with Crippen LogP contribution in [0.3, 0.4) is 0 Å². The topological polar surface area (TPSA) is 77.0 Å². The third-order valence-electron chi connectivity index (χ3n) is 4.48. The maximum atomic E-state index is 13.9. The molecule has 0 atom stereocenters. The summed E-state index contributed by atoms with van der Waals surface area (Å²) in [6.07, 6.45) is 0. The molecule has 0 aliphatic heterocycles. The van der Waals surface area contributed by atoms with Crippen LogP contribution in [0.15, 0.2) is 47.3 Å². The molecule has 0 bridgehead atoms. The Morgan fingerprint density at radius 1 is 1.22 bits per heavy atom.